The van der Waals surface area contributed by atoms with E-state index in [4.69, 9.17) is 9.94 Å². The van der Waals surface area contributed by atoms with Crippen molar-refractivity contribution >= 4 is 11.7 Å². The molecule has 0 aromatic carbocycles. The predicted octanol–water partition coefficient (Wildman–Crippen LogP) is 2.84. The van der Waals surface area contributed by atoms with Crippen molar-refractivity contribution in [3.8, 4) is 0 Å². The number of carbonyl (C=O) groups excluding carboxylic acids is 1. The van der Waals surface area contributed by atoms with E-state index in [9.17, 15) is 4.79 Å². The number of oxime groups is 1. The number of hydrogen-bond acceptors (Lipinski definition) is 4. The fourth-order valence-electron chi connectivity index (χ4n) is 2.51. The van der Waals surface area contributed by atoms with Gasteiger partial charge in [0.1, 0.15) is 6.10 Å². The summed E-state index contributed by atoms with van der Waals surface area (Å²) in [4.78, 5) is 11.6. The molecule has 0 amide bonds. The average Bonchev–Trinajstić information content (AvgIpc) is 2.27. The third kappa shape index (κ3) is 3.72. The van der Waals surface area contributed by atoms with Gasteiger partial charge in [0.05, 0.1) is 0 Å². The molecule has 1 rings (SSSR count). The molecule has 17 heavy (non-hydrogen) atoms. The number of rotatable bonds is 3. The van der Waals surface area contributed by atoms with E-state index in [2.05, 4.69) is 25.9 Å². The SMILES string of the molecule is C/C(=N/O)C(=O)O[C@@H]1C[C@@H](C)CC[C@@H]1C(C)C. The van der Waals surface area contributed by atoms with Crippen LogP contribution >= 0.6 is 0 Å². The monoisotopic (exact) mass is 241 g/mol. The summed E-state index contributed by atoms with van der Waals surface area (Å²) < 4.78 is 5.46. The molecule has 0 spiro atoms. The average molecular weight is 241 g/mol. The van der Waals surface area contributed by atoms with Crippen molar-refractivity contribution in [1.29, 1.82) is 0 Å². The van der Waals surface area contributed by atoms with Gasteiger partial charge in [-0.2, -0.15) is 0 Å². The molecule has 1 saturated carbocycles. The van der Waals surface area contributed by atoms with E-state index in [1.807, 2.05) is 0 Å². The highest BCUT2D eigenvalue weighted by Gasteiger charge is 2.33. The van der Waals surface area contributed by atoms with E-state index in [0.717, 1.165) is 12.8 Å². The highest BCUT2D eigenvalue weighted by atomic mass is 16.5. The normalized spacial score (nSPS) is 30.4. The molecule has 1 aliphatic carbocycles. The number of esters is 1. The van der Waals surface area contributed by atoms with E-state index < -0.39 is 5.97 Å². The summed E-state index contributed by atoms with van der Waals surface area (Å²) in [6.07, 6.45) is 3.17. The van der Waals surface area contributed by atoms with Gasteiger partial charge in [0.2, 0.25) is 0 Å². The van der Waals surface area contributed by atoms with Gasteiger partial charge >= 0.3 is 5.97 Å². The minimum atomic E-state index is -0.503. The van der Waals surface area contributed by atoms with Crippen LogP contribution in [-0.2, 0) is 9.53 Å². The van der Waals surface area contributed by atoms with Crippen molar-refractivity contribution in [3.63, 3.8) is 0 Å². The Labute approximate surface area is 103 Å². The molecule has 1 aliphatic rings. The van der Waals surface area contributed by atoms with Crippen molar-refractivity contribution in [2.75, 3.05) is 0 Å². The van der Waals surface area contributed by atoms with Crippen molar-refractivity contribution < 1.29 is 14.7 Å². The molecule has 1 fully saturated rings. The van der Waals surface area contributed by atoms with Crippen LogP contribution in [0.2, 0.25) is 0 Å². The Hall–Kier alpha value is -1.06. The second-order valence-electron chi connectivity index (χ2n) is 5.46. The van der Waals surface area contributed by atoms with Gasteiger partial charge in [-0.05, 0) is 37.5 Å². The van der Waals surface area contributed by atoms with Gasteiger partial charge in [-0.1, -0.05) is 32.3 Å². The van der Waals surface area contributed by atoms with E-state index in [-0.39, 0.29) is 11.8 Å². The second kappa shape index (κ2) is 6.03. The minimum Gasteiger partial charge on any atom is -0.458 e. The lowest BCUT2D eigenvalue weighted by Gasteiger charge is -2.36. The van der Waals surface area contributed by atoms with Crippen LogP contribution in [0.15, 0.2) is 5.16 Å². The molecule has 0 aromatic rings. The third-order valence-corrected chi connectivity index (χ3v) is 3.67. The zero-order valence-corrected chi connectivity index (χ0v) is 11.1. The first-order chi connectivity index (χ1) is 7.95. The van der Waals surface area contributed by atoms with Crippen molar-refractivity contribution in [1.82, 2.24) is 0 Å². The van der Waals surface area contributed by atoms with E-state index in [1.165, 1.54) is 13.3 Å². The van der Waals surface area contributed by atoms with Crippen molar-refractivity contribution in [3.05, 3.63) is 0 Å². The molecule has 98 valence electrons. The number of carbonyl (C=O) groups is 1. The molecule has 4 nitrogen and oxygen atoms in total. The molecule has 0 radical (unpaired) electrons. The third-order valence-electron chi connectivity index (χ3n) is 3.67. The fraction of sp³-hybridized carbons (Fsp3) is 0.846. The van der Waals surface area contributed by atoms with E-state index in [1.54, 1.807) is 0 Å². The van der Waals surface area contributed by atoms with Crippen LogP contribution in [0, 0.1) is 17.8 Å². The Balaban J connectivity index is 2.67. The van der Waals surface area contributed by atoms with Crippen LogP contribution in [0.3, 0.4) is 0 Å². The molecule has 0 aromatic heterocycles. The van der Waals surface area contributed by atoms with Gasteiger partial charge in [0, 0.05) is 0 Å². The molecular weight excluding hydrogens is 218 g/mol. The first-order valence-electron chi connectivity index (χ1n) is 6.35. The van der Waals surface area contributed by atoms with Crippen LogP contribution in [-0.4, -0.2) is 23.0 Å². The highest BCUT2D eigenvalue weighted by Crippen LogP contribution is 2.35. The maximum Gasteiger partial charge on any atom is 0.356 e. The lowest BCUT2D eigenvalue weighted by Crippen LogP contribution is -2.37. The van der Waals surface area contributed by atoms with E-state index >= 15 is 0 Å². The van der Waals surface area contributed by atoms with Crippen LogP contribution in [0.4, 0.5) is 0 Å². The Morgan fingerprint density at radius 2 is 2.06 bits per heavy atom. The van der Waals surface area contributed by atoms with E-state index in [0.29, 0.717) is 17.8 Å². The van der Waals surface area contributed by atoms with Gasteiger partial charge in [-0.15, -0.1) is 0 Å². The van der Waals surface area contributed by atoms with Crippen LogP contribution in [0.25, 0.3) is 0 Å². The van der Waals surface area contributed by atoms with Crippen molar-refractivity contribution in [2.24, 2.45) is 22.9 Å². The van der Waals surface area contributed by atoms with Gasteiger partial charge in [0.25, 0.3) is 0 Å². The second-order valence-corrected chi connectivity index (χ2v) is 5.46. The Kier molecular flexibility index (Phi) is 4.97. The summed E-state index contributed by atoms with van der Waals surface area (Å²) in [5.41, 5.74) is 0.0192. The summed E-state index contributed by atoms with van der Waals surface area (Å²) in [5.74, 6) is 1.01. The number of hydrogen-bond donors (Lipinski definition) is 1. The molecule has 0 saturated heterocycles. The summed E-state index contributed by atoms with van der Waals surface area (Å²) in [6, 6.07) is 0. The van der Waals surface area contributed by atoms with Crippen LogP contribution < -0.4 is 0 Å². The van der Waals surface area contributed by atoms with Gasteiger partial charge < -0.3 is 9.94 Å². The van der Waals surface area contributed by atoms with Gasteiger partial charge in [0.15, 0.2) is 5.71 Å². The Morgan fingerprint density at radius 3 is 2.59 bits per heavy atom. The predicted molar refractivity (Wildman–Crippen MR) is 66.1 cm³/mol. The highest BCUT2D eigenvalue weighted by molar-refractivity contribution is 6.35. The fourth-order valence-corrected chi connectivity index (χ4v) is 2.51. The number of ether oxygens (including phenoxy) is 1. The summed E-state index contributed by atoms with van der Waals surface area (Å²) in [5, 5.41) is 11.4. The molecular formula is C13H23NO3. The summed E-state index contributed by atoms with van der Waals surface area (Å²) in [6.45, 7) is 7.96. The number of nitrogens with zero attached hydrogens (tertiary/aromatic N) is 1. The molecule has 0 bridgehead atoms. The maximum absolute atomic E-state index is 11.6. The molecule has 0 unspecified atom stereocenters. The van der Waals surface area contributed by atoms with Crippen molar-refractivity contribution in [2.45, 2.75) is 53.1 Å². The standard InChI is InChI=1S/C13H23NO3/c1-8(2)11-6-5-9(3)7-12(11)17-13(15)10(4)14-16/h8-9,11-12,16H,5-7H2,1-4H3/b14-10-/t9-,11+,12+/m0/s1. The Bertz CT molecular complexity index is 299. The van der Waals surface area contributed by atoms with Gasteiger partial charge in [-0.25, -0.2) is 4.79 Å². The molecule has 4 heteroatoms. The lowest BCUT2D eigenvalue weighted by atomic mass is 9.75. The van der Waals surface area contributed by atoms with Gasteiger partial charge in [-0.3, -0.25) is 0 Å². The zero-order chi connectivity index (χ0) is 13.0. The quantitative estimate of drug-likeness (QED) is 0.358. The minimum absolute atomic E-state index is 0.0192. The zero-order valence-electron chi connectivity index (χ0n) is 11.1. The lowest BCUT2D eigenvalue weighted by molar-refractivity contribution is -0.147. The first-order valence-corrected chi connectivity index (χ1v) is 6.35. The Morgan fingerprint density at radius 1 is 1.41 bits per heavy atom. The molecule has 1 N–H and O–H groups in total. The summed E-state index contributed by atoms with van der Waals surface area (Å²) >= 11 is 0. The molecule has 0 aliphatic heterocycles. The first kappa shape index (κ1) is 14.0. The molecule has 3 atom stereocenters. The topological polar surface area (TPSA) is 58.9 Å². The van der Waals surface area contributed by atoms with Crippen LogP contribution in [0.1, 0.15) is 47.0 Å². The smallest absolute Gasteiger partial charge is 0.356 e. The van der Waals surface area contributed by atoms with Crippen LogP contribution in [0.5, 0.6) is 0 Å². The largest absolute Gasteiger partial charge is 0.458 e. The maximum atomic E-state index is 11.6. The molecule has 0 heterocycles. The summed E-state index contributed by atoms with van der Waals surface area (Å²) in [7, 11) is 0.